The van der Waals surface area contributed by atoms with Crippen LogP contribution in [0.1, 0.15) is 19.8 Å². The normalized spacial score (nSPS) is 11.3. The van der Waals surface area contributed by atoms with Gasteiger partial charge in [0.1, 0.15) is 5.75 Å². The highest BCUT2D eigenvalue weighted by atomic mass is 32.2. The molecule has 7 heteroatoms. The third-order valence-corrected chi connectivity index (χ3v) is 5.03. The van der Waals surface area contributed by atoms with Crippen LogP contribution < -0.4 is 10.1 Å². The molecule has 1 rings (SSSR count). The number of hydrogen-bond donors (Lipinski definition) is 1. The van der Waals surface area contributed by atoms with Crippen LogP contribution in [-0.4, -0.2) is 45.4 Å². The highest BCUT2D eigenvalue weighted by molar-refractivity contribution is 7.89. The van der Waals surface area contributed by atoms with Crippen molar-refractivity contribution in [3.05, 3.63) is 36.9 Å². The summed E-state index contributed by atoms with van der Waals surface area (Å²) in [6, 6.07) is 6.05. The van der Waals surface area contributed by atoms with E-state index in [1.54, 1.807) is 12.1 Å². The minimum atomic E-state index is -3.77. The van der Waals surface area contributed by atoms with Crippen LogP contribution in [0.2, 0.25) is 0 Å². The first-order chi connectivity index (χ1) is 11.0. The second-order valence-corrected chi connectivity index (χ2v) is 6.90. The van der Waals surface area contributed by atoms with Gasteiger partial charge in [-0.3, -0.25) is 4.79 Å². The van der Waals surface area contributed by atoms with Crippen molar-refractivity contribution in [3.8, 4) is 5.75 Å². The molecule has 128 valence electrons. The number of ether oxygens (including phenoxy) is 1. The number of nitrogens with one attached hydrogen (secondary N) is 1. The molecule has 0 aliphatic heterocycles. The highest BCUT2D eigenvalue weighted by Crippen LogP contribution is 2.19. The topological polar surface area (TPSA) is 75.7 Å². The molecule has 6 nitrogen and oxygen atoms in total. The van der Waals surface area contributed by atoms with E-state index in [0.717, 1.165) is 17.1 Å². The fourth-order valence-electron chi connectivity index (χ4n) is 1.91. The van der Waals surface area contributed by atoms with Gasteiger partial charge in [0.15, 0.2) is 0 Å². The fourth-order valence-corrected chi connectivity index (χ4v) is 3.28. The zero-order valence-electron chi connectivity index (χ0n) is 13.6. The van der Waals surface area contributed by atoms with Gasteiger partial charge in [-0.15, -0.1) is 6.58 Å². The average Bonchev–Trinajstić information content (AvgIpc) is 2.54. The first kappa shape index (κ1) is 19.2. The third-order valence-electron chi connectivity index (χ3n) is 3.20. The van der Waals surface area contributed by atoms with Gasteiger partial charge in [0.25, 0.3) is 0 Å². The lowest BCUT2D eigenvalue weighted by molar-refractivity contribution is -0.121. The van der Waals surface area contributed by atoms with Gasteiger partial charge in [0, 0.05) is 13.1 Å². The van der Waals surface area contributed by atoms with Gasteiger partial charge in [-0.2, -0.15) is 4.31 Å². The SMILES string of the molecule is C=CCN(CC(=O)NCCCC)S(=O)(=O)c1ccc(OC)cc1. The Balaban J connectivity index is 2.88. The lowest BCUT2D eigenvalue weighted by atomic mass is 10.3. The van der Waals surface area contributed by atoms with Gasteiger partial charge in [0.2, 0.25) is 15.9 Å². The van der Waals surface area contributed by atoms with Crippen LogP contribution in [0, 0.1) is 0 Å². The molecule has 1 N–H and O–H groups in total. The average molecular weight is 340 g/mol. The fraction of sp³-hybridized carbons (Fsp3) is 0.438. The Morgan fingerprint density at radius 1 is 1.35 bits per heavy atom. The zero-order valence-corrected chi connectivity index (χ0v) is 14.4. The van der Waals surface area contributed by atoms with Crippen molar-refractivity contribution in [1.82, 2.24) is 9.62 Å². The molecule has 23 heavy (non-hydrogen) atoms. The number of amides is 1. The Labute approximate surface area is 138 Å². The van der Waals surface area contributed by atoms with E-state index in [-0.39, 0.29) is 23.9 Å². The predicted molar refractivity (Wildman–Crippen MR) is 89.9 cm³/mol. The van der Waals surface area contributed by atoms with E-state index in [1.807, 2.05) is 6.92 Å². The van der Waals surface area contributed by atoms with Crippen molar-refractivity contribution in [2.24, 2.45) is 0 Å². The molecule has 0 saturated heterocycles. The van der Waals surface area contributed by atoms with E-state index in [0.29, 0.717) is 12.3 Å². The summed E-state index contributed by atoms with van der Waals surface area (Å²) in [6.45, 7) is 5.95. The third kappa shape index (κ3) is 5.69. The van der Waals surface area contributed by atoms with Crippen molar-refractivity contribution in [1.29, 1.82) is 0 Å². The van der Waals surface area contributed by atoms with Crippen LogP contribution in [-0.2, 0) is 14.8 Å². The summed E-state index contributed by atoms with van der Waals surface area (Å²) in [4.78, 5) is 12.0. The van der Waals surface area contributed by atoms with Crippen LogP contribution in [0.15, 0.2) is 41.8 Å². The number of benzene rings is 1. The van der Waals surface area contributed by atoms with E-state index < -0.39 is 10.0 Å². The Kier molecular flexibility index (Phi) is 7.77. The molecule has 0 bridgehead atoms. The van der Waals surface area contributed by atoms with Crippen molar-refractivity contribution in [2.75, 3.05) is 26.7 Å². The van der Waals surface area contributed by atoms with Gasteiger partial charge in [-0.05, 0) is 30.7 Å². The van der Waals surface area contributed by atoms with Crippen molar-refractivity contribution in [2.45, 2.75) is 24.7 Å². The lowest BCUT2D eigenvalue weighted by Gasteiger charge is -2.20. The standard InChI is InChI=1S/C16H24N2O4S/c1-4-6-11-17-16(19)13-18(12-5-2)23(20,21)15-9-7-14(22-3)8-10-15/h5,7-10H,2,4,6,11-13H2,1,3H3,(H,17,19). The molecule has 0 spiro atoms. The molecule has 1 aromatic rings. The maximum Gasteiger partial charge on any atom is 0.243 e. The molecule has 0 aliphatic carbocycles. The van der Waals surface area contributed by atoms with Gasteiger partial charge >= 0.3 is 0 Å². The molecule has 0 atom stereocenters. The second kappa shape index (κ2) is 9.32. The van der Waals surface area contributed by atoms with Crippen LogP contribution in [0.3, 0.4) is 0 Å². The molecule has 1 amide bonds. The highest BCUT2D eigenvalue weighted by Gasteiger charge is 2.25. The van der Waals surface area contributed by atoms with E-state index >= 15 is 0 Å². The monoisotopic (exact) mass is 340 g/mol. The number of carbonyl (C=O) groups excluding carboxylic acids is 1. The summed E-state index contributed by atoms with van der Waals surface area (Å²) in [5.41, 5.74) is 0. The molecule has 0 saturated carbocycles. The Morgan fingerprint density at radius 3 is 2.52 bits per heavy atom. The van der Waals surface area contributed by atoms with Crippen LogP contribution >= 0.6 is 0 Å². The van der Waals surface area contributed by atoms with Crippen LogP contribution in [0.4, 0.5) is 0 Å². The van der Waals surface area contributed by atoms with Gasteiger partial charge in [-0.1, -0.05) is 19.4 Å². The molecule has 0 unspecified atom stereocenters. The predicted octanol–water partition coefficient (Wildman–Crippen LogP) is 1.79. The van der Waals surface area contributed by atoms with Crippen LogP contribution in [0.5, 0.6) is 5.75 Å². The van der Waals surface area contributed by atoms with Gasteiger partial charge in [-0.25, -0.2) is 8.42 Å². The van der Waals surface area contributed by atoms with Gasteiger partial charge < -0.3 is 10.1 Å². The molecule has 0 aromatic heterocycles. The molecular weight excluding hydrogens is 316 g/mol. The quantitative estimate of drug-likeness (QED) is 0.520. The number of carbonyl (C=O) groups is 1. The molecular formula is C16H24N2O4S. The van der Waals surface area contributed by atoms with E-state index in [4.69, 9.17) is 4.74 Å². The van der Waals surface area contributed by atoms with Crippen molar-refractivity contribution >= 4 is 15.9 Å². The van der Waals surface area contributed by atoms with E-state index in [1.165, 1.54) is 25.3 Å². The maximum absolute atomic E-state index is 12.6. The largest absolute Gasteiger partial charge is 0.497 e. The minimum absolute atomic E-state index is 0.0650. The number of unbranched alkanes of at least 4 members (excludes halogenated alkanes) is 1. The number of hydrogen-bond acceptors (Lipinski definition) is 4. The summed E-state index contributed by atoms with van der Waals surface area (Å²) in [5.74, 6) is 0.244. The first-order valence-electron chi connectivity index (χ1n) is 7.47. The Morgan fingerprint density at radius 2 is 2.00 bits per heavy atom. The maximum atomic E-state index is 12.6. The molecule has 0 heterocycles. The first-order valence-corrected chi connectivity index (χ1v) is 8.91. The summed E-state index contributed by atoms with van der Waals surface area (Å²) < 4.78 is 31.4. The zero-order chi connectivity index (χ0) is 17.3. The van der Waals surface area contributed by atoms with Crippen molar-refractivity contribution < 1.29 is 17.9 Å². The van der Waals surface area contributed by atoms with Crippen LogP contribution in [0.25, 0.3) is 0 Å². The second-order valence-electron chi connectivity index (χ2n) is 4.97. The Bertz CT molecular complexity index is 611. The van der Waals surface area contributed by atoms with E-state index in [9.17, 15) is 13.2 Å². The number of rotatable bonds is 10. The van der Waals surface area contributed by atoms with E-state index in [2.05, 4.69) is 11.9 Å². The summed E-state index contributed by atoms with van der Waals surface area (Å²) >= 11 is 0. The minimum Gasteiger partial charge on any atom is -0.497 e. The molecule has 0 fully saturated rings. The molecule has 0 aliphatic rings. The van der Waals surface area contributed by atoms with Gasteiger partial charge in [0.05, 0.1) is 18.6 Å². The smallest absolute Gasteiger partial charge is 0.243 e. The lowest BCUT2D eigenvalue weighted by Crippen LogP contribution is -2.41. The molecule has 1 aromatic carbocycles. The Hall–Kier alpha value is -1.86. The number of nitrogens with zero attached hydrogens (tertiary/aromatic N) is 1. The molecule has 0 radical (unpaired) electrons. The summed E-state index contributed by atoms with van der Waals surface area (Å²) in [7, 11) is -2.26. The summed E-state index contributed by atoms with van der Waals surface area (Å²) in [5, 5.41) is 2.71. The number of sulfonamides is 1. The van der Waals surface area contributed by atoms with Crippen molar-refractivity contribution in [3.63, 3.8) is 0 Å². The summed E-state index contributed by atoms with van der Waals surface area (Å²) in [6.07, 6.45) is 3.28. The number of methoxy groups -OCH3 is 1.